The molecule has 0 saturated carbocycles. The Morgan fingerprint density at radius 3 is 1.12 bits per heavy atom. The van der Waals surface area contributed by atoms with Crippen molar-refractivity contribution in [2.24, 2.45) is 0 Å². The minimum atomic E-state index is 0.837. The van der Waals surface area contributed by atoms with Gasteiger partial charge in [-0.1, -0.05) is 60.7 Å². The van der Waals surface area contributed by atoms with E-state index in [1.165, 1.54) is 0 Å². The molecule has 0 fully saturated rings. The number of rotatable bonds is 4. The largest absolute Gasteiger partial charge is 0.354 e. The summed E-state index contributed by atoms with van der Waals surface area (Å²) in [7, 11) is 0. The van der Waals surface area contributed by atoms with Crippen molar-refractivity contribution in [1.82, 2.24) is 29.9 Å². The number of pyridine rings is 2. The quantitative estimate of drug-likeness (QED) is 0.200. The zero-order valence-electron chi connectivity index (χ0n) is 27.6. The highest BCUT2D eigenvalue weighted by molar-refractivity contribution is 5.99. The van der Waals surface area contributed by atoms with E-state index in [0.29, 0.717) is 0 Å². The molecule has 2 aliphatic rings. The first-order valence-electron chi connectivity index (χ1n) is 16.7. The van der Waals surface area contributed by atoms with Gasteiger partial charge in [0.25, 0.3) is 0 Å². The summed E-state index contributed by atoms with van der Waals surface area (Å²) in [6.45, 7) is 4.29. The molecule has 0 spiro atoms. The molecule has 50 heavy (non-hydrogen) atoms. The molecular weight excluding hydrogens is 613 g/mol. The minimum Gasteiger partial charge on any atom is -0.354 e. The highest BCUT2D eigenvalue weighted by Gasteiger charge is 2.20. The summed E-state index contributed by atoms with van der Waals surface area (Å²) >= 11 is 0. The van der Waals surface area contributed by atoms with Crippen molar-refractivity contribution in [2.45, 2.75) is 13.8 Å². The fourth-order valence-electron chi connectivity index (χ4n) is 7.04. The normalized spacial score (nSPS) is 12.0. The van der Waals surface area contributed by atoms with E-state index in [-0.39, 0.29) is 0 Å². The lowest BCUT2D eigenvalue weighted by molar-refractivity contribution is 1.27. The van der Waals surface area contributed by atoms with Gasteiger partial charge in [0.1, 0.15) is 0 Å². The molecule has 0 unspecified atom stereocenters. The summed E-state index contributed by atoms with van der Waals surface area (Å²) in [5.41, 5.74) is 17.3. The molecule has 0 aliphatic carbocycles. The average Bonchev–Trinajstić information content (AvgIpc) is 3.98. The molecule has 7 aromatic rings. The van der Waals surface area contributed by atoms with Gasteiger partial charge in [-0.3, -0.25) is 9.97 Å². The summed E-state index contributed by atoms with van der Waals surface area (Å²) in [5, 5.41) is 0. The number of aryl methyl sites for hydroxylation is 2. The summed E-state index contributed by atoms with van der Waals surface area (Å²) in [6.07, 6.45) is 12.1. The van der Waals surface area contributed by atoms with Crippen LogP contribution >= 0.6 is 0 Å². The van der Waals surface area contributed by atoms with Gasteiger partial charge in [-0.2, -0.15) is 0 Å². The first-order valence-corrected chi connectivity index (χ1v) is 16.7. The fraction of sp³-hybridized carbons (Fsp3) is 0.0455. The molecule has 0 atom stereocenters. The Labute approximate surface area is 289 Å². The molecule has 7 heterocycles. The van der Waals surface area contributed by atoms with E-state index in [1.807, 2.05) is 48.8 Å². The summed E-state index contributed by atoms with van der Waals surface area (Å²) in [6, 6.07) is 37.4. The number of hydrogen-bond acceptors (Lipinski definition) is 4. The first kappa shape index (κ1) is 29.5. The average molecular weight is 645 g/mol. The summed E-state index contributed by atoms with van der Waals surface area (Å²) < 4.78 is 0. The van der Waals surface area contributed by atoms with E-state index in [1.54, 1.807) is 0 Å². The zero-order valence-corrected chi connectivity index (χ0v) is 27.6. The Morgan fingerprint density at radius 2 is 0.740 bits per heavy atom. The predicted molar refractivity (Wildman–Crippen MR) is 206 cm³/mol. The molecule has 0 saturated heterocycles. The van der Waals surface area contributed by atoms with Gasteiger partial charge in [-0.15, -0.1) is 0 Å². The number of hydrogen-bond donors (Lipinski definition) is 2. The van der Waals surface area contributed by atoms with E-state index in [4.69, 9.17) is 19.9 Å². The maximum atomic E-state index is 5.35. The Kier molecular flexibility index (Phi) is 7.13. The maximum Gasteiger partial charge on any atom is 0.0753 e. The molecule has 6 heteroatoms. The van der Waals surface area contributed by atoms with Crippen LogP contribution in [0.1, 0.15) is 33.9 Å². The smallest absolute Gasteiger partial charge is 0.0753 e. The summed E-state index contributed by atoms with van der Waals surface area (Å²) in [4.78, 5) is 27.9. The van der Waals surface area contributed by atoms with Crippen molar-refractivity contribution in [3.63, 3.8) is 0 Å². The monoisotopic (exact) mass is 644 g/mol. The van der Waals surface area contributed by atoms with Gasteiger partial charge in [0.05, 0.1) is 45.2 Å². The Balaban J connectivity index is 1.50. The molecule has 2 aliphatic heterocycles. The van der Waals surface area contributed by atoms with Gasteiger partial charge in [0.2, 0.25) is 0 Å². The van der Waals surface area contributed by atoms with Crippen molar-refractivity contribution < 1.29 is 0 Å². The molecule has 238 valence electrons. The van der Waals surface area contributed by atoms with E-state index in [2.05, 4.69) is 121 Å². The second-order valence-electron chi connectivity index (χ2n) is 12.6. The van der Waals surface area contributed by atoms with Crippen LogP contribution in [0.4, 0.5) is 0 Å². The molecular formula is C44H32N6. The number of aromatic amines is 2. The van der Waals surface area contributed by atoms with Crippen LogP contribution < -0.4 is 0 Å². The van der Waals surface area contributed by atoms with E-state index in [9.17, 15) is 0 Å². The maximum absolute atomic E-state index is 5.35. The molecule has 2 N–H and O–H groups in total. The van der Waals surface area contributed by atoms with Crippen LogP contribution in [0.2, 0.25) is 0 Å². The van der Waals surface area contributed by atoms with E-state index < -0.39 is 0 Å². The number of fused-ring (bicyclic) bond motifs is 8. The lowest BCUT2D eigenvalue weighted by atomic mass is 9.99. The number of H-pyrrole nitrogens is 2. The van der Waals surface area contributed by atoms with Gasteiger partial charge in [-0.25, -0.2) is 9.97 Å². The van der Waals surface area contributed by atoms with Crippen LogP contribution in [0.25, 0.3) is 91.1 Å². The zero-order chi connectivity index (χ0) is 33.6. The van der Waals surface area contributed by atoms with Crippen LogP contribution in [0.3, 0.4) is 0 Å². The van der Waals surface area contributed by atoms with E-state index >= 15 is 0 Å². The Hall–Kier alpha value is -6.66. The fourth-order valence-corrected chi connectivity index (χ4v) is 7.04. The summed E-state index contributed by atoms with van der Waals surface area (Å²) in [5.74, 6) is 0. The van der Waals surface area contributed by atoms with Gasteiger partial charge in [0, 0.05) is 45.7 Å². The third-order valence-electron chi connectivity index (χ3n) is 9.42. The third-order valence-corrected chi connectivity index (χ3v) is 9.42. The second kappa shape index (κ2) is 12.1. The highest BCUT2D eigenvalue weighted by atomic mass is 14.8. The molecule has 6 nitrogen and oxygen atoms in total. The van der Waals surface area contributed by atoms with Crippen LogP contribution in [0, 0.1) is 13.8 Å². The van der Waals surface area contributed by atoms with Crippen molar-refractivity contribution in [2.75, 3.05) is 0 Å². The third kappa shape index (κ3) is 5.06. The Bertz CT molecular complexity index is 2480. The van der Waals surface area contributed by atoms with Gasteiger partial charge < -0.3 is 9.97 Å². The lowest BCUT2D eigenvalue weighted by Gasteiger charge is -2.08. The van der Waals surface area contributed by atoms with Crippen molar-refractivity contribution in [1.29, 1.82) is 0 Å². The van der Waals surface area contributed by atoms with Crippen LogP contribution in [-0.4, -0.2) is 29.9 Å². The number of benzene rings is 2. The van der Waals surface area contributed by atoms with Gasteiger partial charge >= 0.3 is 0 Å². The molecule has 0 radical (unpaired) electrons. The molecule has 2 aromatic carbocycles. The van der Waals surface area contributed by atoms with E-state index in [0.717, 1.165) is 101 Å². The van der Waals surface area contributed by atoms with Crippen molar-refractivity contribution in [3.8, 4) is 44.8 Å². The topological polar surface area (TPSA) is 83.1 Å². The molecule has 0 amide bonds. The SMILES string of the molecule is Cc1ccccc1-c1c2nc(c(-c3ccccn3)c3ccc([nH]3)c(-c3ccccc3C)c3nc(c(-c4ccccn4)c4ccc1[nH]4)C=C3)C=C2. The van der Waals surface area contributed by atoms with Crippen molar-refractivity contribution in [3.05, 3.63) is 155 Å². The number of aromatic nitrogens is 6. The highest BCUT2D eigenvalue weighted by Crippen LogP contribution is 2.38. The van der Waals surface area contributed by atoms with Crippen LogP contribution in [0.15, 0.2) is 122 Å². The standard InChI is InChI=1S/C44H32N6/c1-27-11-3-5-13-29(27)41-33-17-21-37(47-33)43(31-15-7-9-25-45-31)39-23-19-35(49-39)42(30-14-6-4-12-28(30)2)36-20-24-40(50-36)44(32-16-8-10-26-46-32)38-22-18-34(41)48-38/h3-26,47,50H,1-2H3. The molecule has 8 bridgehead atoms. The van der Waals surface area contributed by atoms with Crippen LogP contribution in [-0.2, 0) is 0 Å². The Morgan fingerprint density at radius 1 is 0.380 bits per heavy atom. The second-order valence-corrected chi connectivity index (χ2v) is 12.6. The van der Waals surface area contributed by atoms with Crippen LogP contribution in [0.5, 0.6) is 0 Å². The van der Waals surface area contributed by atoms with Crippen molar-refractivity contribution >= 4 is 46.4 Å². The lowest BCUT2D eigenvalue weighted by Crippen LogP contribution is -1.92. The molecule has 9 rings (SSSR count). The number of nitrogens with one attached hydrogen (secondary N) is 2. The van der Waals surface area contributed by atoms with Gasteiger partial charge in [-0.05, 0) is 109 Å². The minimum absolute atomic E-state index is 0.837. The number of nitrogens with zero attached hydrogens (tertiary/aromatic N) is 4. The first-order chi connectivity index (χ1) is 24.6. The van der Waals surface area contributed by atoms with Gasteiger partial charge in [0.15, 0.2) is 0 Å². The molecule has 5 aromatic heterocycles. The predicted octanol–water partition coefficient (Wildman–Crippen LogP) is 10.7.